The first-order valence-corrected chi connectivity index (χ1v) is 10.3. The van der Waals surface area contributed by atoms with Crippen molar-refractivity contribution in [2.24, 2.45) is 0 Å². The zero-order valence-electron chi connectivity index (χ0n) is 16.1. The molecular weight excluding hydrogens is 364 g/mol. The fourth-order valence-corrected chi connectivity index (χ4v) is 4.55. The van der Waals surface area contributed by atoms with E-state index in [-0.39, 0.29) is 17.9 Å². The molecule has 6 rings (SSSR count). The number of nitrogens with zero attached hydrogens (tertiary/aromatic N) is 4. The van der Waals surface area contributed by atoms with Crippen molar-refractivity contribution in [1.29, 1.82) is 0 Å². The topological polar surface area (TPSA) is 60.2 Å². The summed E-state index contributed by atoms with van der Waals surface area (Å²) < 4.78 is 8.01. The van der Waals surface area contributed by atoms with Crippen LogP contribution in [0.1, 0.15) is 54.0 Å². The summed E-state index contributed by atoms with van der Waals surface area (Å²) >= 11 is 0. The number of para-hydroxylation sites is 2. The van der Waals surface area contributed by atoms with Crippen LogP contribution < -0.4 is 4.74 Å². The molecule has 1 atom stereocenters. The van der Waals surface area contributed by atoms with Gasteiger partial charge in [-0.3, -0.25) is 4.79 Å². The number of fused-ring (bicyclic) bond motifs is 2. The molecule has 0 spiro atoms. The van der Waals surface area contributed by atoms with Gasteiger partial charge in [0.15, 0.2) is 0 Å². The minimum atomic E-state index is -0.326. The minimum absolute atomic E-state index is 0.137. The zero-order chi connectivity index (χ0) is 19.4. The molecule has 1 saturated heterocycles. The first-order chi connectivity index (χ1) is 14.3. The summed E-state index contributed by atoms with van der Waals surface area (Å²) in [6.07, 6.45) is 5.42. The van der Waals surface area contributed by atoms with Gasteiger partial charge in [-0.2, -0.15) is 0 Å². The van der Waals surface area contributed by atoms with Gasteiger partial charge < -0.3 is 9.64 Å². The first-order valence-electron chi connectivity index (χ1n) is 10.3. The molecule has 3 aromatic rings. The molecule has 1 amide bonds. The number of amides is 1. The Balaban J connectivity index is 1.28. The van der Waals surface area contributed by atoms with E-state index in [1.807, 2.05) is 58.1 Å². The number of hydrogen-bond acceptors (Lipinski definition) is 4. The van der Waals surface area contributed by atoms with Gasteiger partial charge in [0.05, 0.1) is 17.7 Å². The van der Waals surface area contributed by atoms with Gasteiger partial charge in [0.2, 0.25) is 5.91 Å². The highest BCUT2D eigenvalue weighted by Crippen LogP contribution is 2.45. The lowest BCUT2D eigenvalue weighted by atomic mass is 9.87. The highest BCUT2D eigenvalue weighted by molar-refractivity contribution is 5.90. The number of carbonyl (C=O) groups is 1. The van der Waals surface area contributed by atoms with Crippen LogP contribution in [0.5, 0.6) is 11.5 Å². The number of aromatic nitrogens is 3. The van der Waals surface area contributed by atoms with Crippen molar-refractivity contribution in [3.63, 3.8) is 0 Å². The first kappa shape index (κ1) is 16.8. The predicted octanol–water partition coefficient (Wildman–Crippen LogP) is 3.87. The van der Waals surface area contributed by atoms with E-state index < -0.39 is 0 Å². The number of hydrogen-bond donors (Lipinski definition) is 0. The van der Waals surface area contributed by atoms with Crippen LogP contribution in [-0.2, 0) is 4.79 Å². The predicted molar refractivity (Wildman–Crippen MR) is 107 cm³/mol. The Morgan fingerprint density at radius 2 is 1.66 bits per heavy atom. The van der Waals surface area contributed by atoms with Crippen molar-refractivity contribution in [3.8, 4) is 11.5 Å². The van der Waals surface area contributed by atoms with E-state index in [9.17, 15) is 4.79 Å². The van der Waals surface area contributed by atoms with Gasteiger partial charge in [-0.15, -0.1) is 5.10 Å². The van der Waals surface area contributed by atoms with Gasteiger partial charge in [0, 0.05) is 36.3 Å². The molecule has 0 N–H and O–H groups in total. The van der Waals surface area contributed by atoms with Crippen LogP contribution in [0.4, 0.5) is 0 Å². The van der Waals surface area contributed by atoms with Crippen molar-refractivity contribution < 1.29 is 9.53 Å². The molecule has 1 aromatic heterocycles. The summed E-state index contributed by atoms with van der Waals surface area (Å²) in [6.45, 7) is 1.41. The zero-order valence-corrected chi connectivity index (χ0v) is 16.1. The van der Waals surface area contributed by atoms with Crippen LogP contribution in [0.15, 0.2) is 54.7 Å². The summed E-state index contributed by atoms with van der Waals surface area (Å²) in [5, 5.41) is 8.68. The van der Waals surface area contributed by atoms with Crippen molar-refractivity contribution in [2.45, 2.75) is 37.1 Å². The second-order valence-corrected chi connectivity index (χ2v) is 8.24. The molecule has 6 heteroatoms. The summed E-state index contributed by atoms with van der Waals surface area (Å²) in [6, 6.07) is 15.9. The summed E-state index contributed by atoms with van der Waals surface area (Å²) in [7, 11) is 0. The summed E-state index contributed by atoms with van der Waals surface area (Å²) in [5.74, 6) is 1.94. The Labute approximate surface area is 169 Å². The maximum atomic E-state index is 13.7. The molecule has 3 aliphatic rings. The van der Waals surface area contributed by atoms with Crippen molar-refractivity contribution in [2.75, 3.05) is 13.1 Å². The van der Waals surface area contributed by atoms with E-state index >= 15 is 0 Å². The van der Waals surface area contributed by atoms with Crippen LogP contribution in [-0.4, -0.2) is 38.9 Å². The van der Waals surface area contributed by atoms with E-state index in [2.05, 4.69) is 16.5 Å². The Hall–Kier alpha value is -3.15. The van der Waals surface area contributed by atoms with Gasteiger partial charge in [-0.05, 0) is 31.4 Å². The van der Waals surface area contributed by atoms with E-state index in [1.165, 1.54) is 12.8 Å². The van der Waals surface area contributed by atoms with Gasteiger partial charge in [0.1, 0.15) is 11.5 Å². The van der Waals surface area contributed by atoms with Crippen LogP contribution in [0.3, 0.4) is 0 Å². The summed E-state index contributed by atoms with van der Waals surface area (Å²) in [5.41, 5.74) is 2.98. The monoisotopic (exact) mass is 386 g/mol. The fourth-order valence-electron chi connectivity index (χ4n) is 4.55. The van der Waals surface area contributed by atoms with E-state index in [1.54, 1.807) is 0 Å². The molecule has 1 aliphatic carbocycles. The standard InChI is InChI=1S/C23H22N4O2/c28-23(26-12-11-16(13-26)27-14-19(24-25-27)15-9-10-15)22-17-5-1-3-7-20(17)29-21-8-4-2-6-18(21)22/h1-8,14-16,22H,9-13H2. The van der Waals surface area contributed by atoms with Crippen LogP contribution in [0.2, 0.25) is 0 Å². The molecule has 0 radical (unpaired) electrons. The van der Waals surface area contributed by atoms with Crippen molar-refractivity contribution in [3.05, 3.63) is 71.5 Å². The highest BCUT2D eigenvalue weighted by atomic mass is 16.5. The number of carbonyl (C=O) groups excluding carboxylic acids is 1. The van der Waals surface area contributed by atoms with Gasteiger partial charge in [-0.25, -0.2) is 4.68 Å². The molecule has 3 heterocycles. The van der Waals surface area contributed by atoms with E-state index in [0.717, 1.165) is 41.3 Å². The van der Waals surface area contributed by atoms with Crippen LogP contribution in [0.25, 0.3) is 0 Å². The molecule has 1 saturated carbocycles. The molecule has 2 fully saturated rings. The summed E-state index contributed by atoms with van der Waals surface area (Å²) in [4.78, 5) is 15.6. The second-order valence-electron chi connectivity index (χ2n) is 8.24. The average molecular weight is 386 g/mol. The highest BCUT2D eigenvalue weighted by Gasteiger charge is 2.38. The smallest absolute Gasteiger partial charge is 0.234 e. The number of ether oxygens (including phenoxy) is 1. The Morgan fingerprint density at radius 3 is 2.34 bits per heavy atom. The van der Waals surface area contributed by atoms with Crippen LogP contribution >= 0.6 is 0 Å². The number of likely N-dealkylation sites (tertiary alicyclic amines) is 1. The van der Waals surface area contributed by atoms with Crippen molar-refractivity contribution >= 4 is 5.91 Å². The largest absolute Gasteiger partial charge is 0.457 e. The lowest BCUT2D eigenvalue weighted by Crippen LogP contribution is -2.35. The molecule has 29 heavy (non-hydrogen) atoms. The van der Waals surface area contributed by atoms with Gasteiger partial charge >= 0.3 is 0 Å². The SMILES string of the molecule is O=C(C1c2ccccc2Oc2ccccc21)N1CCC(n2cc(C3CC3)nn2)C1. The third kappa shape index (κ3) is 2.82. The fraction of sp³-hybridized carbons (Fsp3) is 0.348. The Morgan fingerprint density at radius 1 is 0.966 bits per heavy atom. The Kier molecular flexibility index (Phi) is 3.72. The van der Waals surface area contributed by atoms with E-state index in [0.29, 0.717) is 12.5 Å². The minimum Gasteiger partial charge on any atom is -0.457 e. The maximum absolute atomic E-state index is 13.7. The number of rotatable bonds is 3. The second kappa shape index (κ2) is 6.44. The van der Waals surface area contributed by atoms with Gasteiger partial charge in [-0.1, -0.05) is 41.6 Å². The normalized spacial score (nSPS) is 20.8. The molecule has 146 valence electrons. The number of benzene rings is 2. The van der Waals surface area contributed by atoms with Crippen LogP contribution in [0, 0.1) is 0 Å². The van der Waals surface area contributed by atoms with Gasteiger partial charge in [0.25, 0.3) is 0 Å². The van der Waals surface area contributed by atoms with Crippen molar-refractivity contribution in [1.82, 2.24) is 19.9 Å². The third-order valence-electron chi connectivity index (χ3n) is 6.30. The lowest BCUT2D eigenvalue weighted by molar-refractivity contribution is -0.131. The molecule has 1 unspecified atom stereocenters. The average Bonchev–Trinajstić information content (AvgIpc) is 3.28. The molecular formula is C23H22N4O2. The Bertz CT molecular complexity index is 1040. The third-order valence-corrected chi connectivity index (χ3v) is 6.30. The van der Waals surface area contributed by atoms with E-state index in [4.69, 9.17) is 4.74 Å². The molecule has 2 aromatic carbocycles. The molecule has 2 aliphatic heterocycles. The molecule has 6 nitrogen and oxygen atoms in total. The lowest BCUT2D eigenvalue weighted by Gasteiger charge is -2.30. The molecule has 0 bridgehead atoms. The quantitative estimate of drug-likeness (QED) is 0.686. The maximum Gasteiger partial charge on any atom is 0.234 e.